The molecule has 1 saturated heterocycles. The summed E-state index contributed by atoms with van der Waals surface area (Å²) in [5.41, 5.74) is 0. The standard InChI is InChI=1S/C29H55N2O5P/c1-20(2)26-10-8-22(5)16-28(26)35-37(34,36-29-17-23(6)9-11-27(29)21(3)4)19-25(33)18-30-12-14-31(15-13-30)24(7)32/h20-23,25-29,33H,8-19H2,1-7H3/t22-,23-,25+,26+,27+,28-,29-/m0/s1. The molecule has 216 valence electrons. The highest BCUT2D eigenvalue weighted by molar-refractivity contribution is 7.53. The van der Waals surface area contributed by atoms with Crippen LogP contribution in [0.1, 0.15) is 87.0 Å². The van der Waals surface area contributed by atoms with Gasteiger partial charge < -0.3 is 19.1 Å². The molecule has 1 aliphatic heterocycles. The molecule has 3 aliphatic rings. The van der Waals surface area contributed by atoms with Gasteiger partial charge in [-0.05, 0) is 61.2 Å². The number of amides is 1. The Labute approximate surface area is 226 Å². The third-order valence-corrected chi connectivity index (χ3v) is 11.3. The van der Waals surface area contributed by atoms with E-state index in [9.17, 15) is 14.5 Å². The van der Waals surface area contributed by atoms with Gasteiger partial charge in [-0.1, -0.05) is 54.4 Å². The normalized spacial score (nSPS) is 33.2. The Hall–Kier alpha value is -0.460. The van der Waals surface area contributed by atoms with Crippen LogP contribution in [0, 0.1) is 35.5 Å². The average Bonchev–Trinajstić information content (AvgIpc) is 2.78. The van der Waals surface area contributed by atoms with Crippen LogP contribution in [0.3, 0.4) is 0 Å². The van der Waals surface area contributed by atoms with E-state index >= 15 is 0 Å². The SMILES string of the molecule is CC(=O)N1CCN(C[C@@H](O)CP(=O)(O[C@H]2C[C@@H](C)CC[C@@H]2C(C)C)O[C@H]2C[C@@H](C)CC[C@@H]2C(C)C)CC1. The Kier molecular flexibility index (Phi) is 11.5. The Bertz CT molecular complexity index is 731. The summed E-state index contributed by atoms with van der Waals surface area (Å²) < 4.78 is 27.8. The lowest BCUT2D eigenvalue weighted by atomic mass is 9.75. The number of piperazine rings is 1. The summed E-state index contributed by atoms with van der Waals surface area (Å²) >= 11 is 0. The summed E-state index contributed by atoms with van der Waals surface area (Å²) in [6, 6.07) is 0. The molecular weight excluding hydrogens is 487 g/mol. The van der Waals surface area contributed by atoms with E-state index in [1.54, 1.807) is 6.92 Å². The summed E-state index contributed by atoms with van der Waals surface area (Å²) in [5, 5.41) is 11.2. The molecule has 7 atom stereocenters. The minimum atomic E-state index is -3.56. The molecule has 0 aromatic heterocycles. The summed E-state index contributed by atoms with van der Waals surface area (Å²) in [6.07, 6.45) is 5.36. The molecule has 7 nitrogen and oxygen atoms in total. The van der Waals surface area contributed by atoms with Crippen molar-refractivity contribution in [3.63, 3.8) is 0 Å². The van der Waals surface area contributed by atoms with Gasteiger partial charge in [-0.15, -0.1) is 0 Å². The fraction of sp³-hybridized carbons (Fsp3) is 0.966. The molecule has 3 rings (SSSR count). The van der Waals surface area contributed by atoms with Gasteiger partial charge in [-0.2, -0.15) is 0 Å². The van der Waals surface area contributed by atoms with Crippen LogP contribution in [0.2, 0.25) is 0 Å². The number of carbonyl (C=O) groups excluding carboxylic acids is 1. The highest BCUT2D eigenvalue weighted by atomic mass is 31.2. The van der Waals surface area contributed by atoms with Crippen LogP contribution in [0.4, 0.5) is 0 Å². The second-order valence-electron chi connectivity index (χ2n) is 13.2. The van der Waals surface area contributed by atoms with E-state index in [2.05, 4.69) is 46.4 Å². The fourth-order valence-electron chi connectivity index (χ4n) is 6.85. The maximum Gasteiger partial charge on any atom is 0.333 e. The zero-order valence-corrected chi connectivity index (χ0v) is 25.5. The predicted octanol–water partition coefficient (Wildman–Crippen LogP) is 5.66. The molecule has 0 aromatic rings. The molecule has 0 radical (unpaired) electrons. The molecule has 37 heavy (non-hydrogen) atoms. The molecule has 1 N–H and O–H groups in total. The first kappa shape index (κ1) is 31.1. The fourth-order valence-corrected chi connectivity index (χ4v) is 9.02. The zero-order chi connectivity index (χ0) is 27.3. The maximum atomic E-state index is 14.6. The van der Waals surface area contributed by atoms with Gasteiger partial charge in [0, 0.05) is 39.6 Å². The van der Waals surface area contributed by atoms with Crippen LogP contribution in [0.15, 0.2) is 0 Å². The van der Waals surface area contributed by atoms with Gasteiger partial charge in [0.2, 0.25) is 5.91 Å². The van der Waals surface area contributed by atoms with E-state index in [0.717, 1.165) is 25.7 Å². The highest BCUT2D eigenvalue weighted by Gasteiger charge is 2.43. The monoisotopic (exact) mass is 542 g/mol. The van der Waals surface area contributed by atoms with Crippen LogP contribution in [-0.2, 0) is 18.4 Å². The van der Waals surface area contributed by atoms with Gasteiger partial charge in [0.15, 0.2) is 0 Å². The van der Waals surface area contributed by atoms with Gasteiger partial charge in [0.05, 0.1) is 24.5 Å². The smallest absolute Gasteiger partial charge is 0.333 e. The summed E-state index contributed by atoms with van der Waals surface area (Å²) in [4.78, 5) is 15.7. The van der Waals surface area contributed by atoms with Crippen molar-refractivity contribution in [3.05, 3.63) is 0 Å². The van der Waals surface area contributed by atoms with Crippen LogP contribution in [-0.4, -0.2) is 78.0 Å². The van der Waals surface area contributed by atoms with E-state index in [4.69, 9.17) is 9.05 Å². The molecule has 1 amide bonds. The molecule has 2 saturated carbocycles. The third kappa shape index (κ3) is 9.03. The van der Waals surface area contributed by atoms with Crippen molar-refractivity contribution in [2.45, 2.75) is 105 Å². The Morgan fingerprint density at radius 2 is 1.32 bits per heavy atom. The summed E-state index contributed by atoms with van der Waals surface area (Å²) in [7, 11) is -3.56. The predicted molar refractivity (Wildman–Crippen MR) is 150 cm³/mol. The molecule has 3 fully saturated rings. The largest absolute Gasteiger partial charge is 0.391 e. The van der Waals surface area contributed by atoms with Gasteiger partial charge in [-0.25, -0.2) is 0 Å². The number of carbonyl (C=O) groups is 1. The van der Waals surface area contributed by atoms with Crippen molar-refractivity contribution in [2.75, 3.05) is 38.9 Å². The number of hydrogen-bond acceptors (Lipinski definition) is 6. The van der Waals surface area contributed by atoms with Gasteiger partial charge >= 0.3 is 7.60 Å². The van der Waals surface area contributed by atoms with Crippen molar-refractivity contribution < 1.29 is 23.5 Å². The molecule has 2 aliphatic carbocycles. The number of hydrogen-bond donors (Lipinski definition) is 1. The number of nitrogens with zero attached hydrogens (tertiary/aromatic N) is 2. The third-order valence-electron chi connectivity index (χ3n) is 9.24. The molecule has 1 heterocycles. The van der Waals surface area contributed by atoms with E-state index in [1.807, 2.05) is 4.90 Å². The second-order valence-corrected chi connectivity index (χ2v) is 15.2. The summed E-state index contributed by atoms with van der Waals surface area (Å²) in [5.74, 6) is 2.78. The summed E-state index contributed by atoms with van der Waals surface area (Å²) in [6.45, 7) is 18.2. The second kappa shape index (κ2) is 13.7. The first-order chi connectivity index (χ1) is 17.4. The van der Waals surface area contributed by atoms with Crippen LogP contribution in [0.5, 0.6) is 0 Å². The highest BCUT2D eigenvalue weighted by Crippen LogP contribution is 2.56. The quantitative estimate of drug-likeness (QED) is 0.359. The van der Waals surface area contributed by atoms with E-state index in [0.29, 0.717) is 68.2 Å². The number of aliphatic hydroxyl groups excluding tert-OH is 1. The van der Waals surface area contributed by atoms with Gasteiger partial charge in [0.1, 0.15) is 0 Å². The van der Waals surface area contributed by atoms with Crippen LogP contribution >= 0.6 is 7.60 Å². The lowest BCUT2D eigenvalue weighted by molar-refractivity contribution is -0.130. The molecule has 0 aromatic carbocycles. The van der Waals surface area contributed by atoms with Crippen LogP contribution in [0.25, 0.3) is 0 Å². The van der Waals surface area contributed by atoms with Crippen molar-refractivity contribution in [2.24, 2.45) is 35.5 Å². The van der Waals surface area contributed by atoms with Crippen molar-refractivity contribution >= 4 is 13.5 Å². The molecule has 0 bridgehead atoms. The van der Waals surface area contributed by atoms with E-state index in [-0.39, 0.29) is 24.3 Å². The van der Waals surface area contributed by atoms with Crippen LogP contribution < -0.4 is 0 Å². The zero-order valence-electron chi connectivity index (χ0n) is 24.6. The number of aliphatic hydroxyl groups is 1. The van der Waals surface area contributed by atoms with Crippen molar-refractivity contribution in [3.8, 4) is 0 Å². The van der Waals surface area contributed by atoms with Crippen molar-refractivity contribution in [1.29, 1.82) is 0 Å². The van der Waals surface area contributed by atoms with Gasteiger partial charge in [-0.3, -0.25) is 14.3 Å². The molecule has 8 heteroatoms. The minimum Gasteiger partial charge on any atom is -0.391 e. The Morgan fingerprint density at radius 1 is 0.865 bits per heavy atom. The lowest BCUT2D eigenvalue weighted by Crippen LogP contribution is -2.50. The first-order valence-corrected chi connectivity index (χ1v) is 16.7. The average molecular weight is 543 g/mol. The molecule has 0 spiro atoms. The van der Waals surface area contributed by atoms with E-state index < -0.39 is 13.7 Å². The Balaban J connectivity index is 1.75. The lowest BCUT2D eigenvalue weighted by Gasteiger charge is -2.42. The van der Waals surface area contributed by atoms with Gasteiger partial charge in [0.25, 0.3) is 0 Å². The van der Waals surface area contributed by atoms with E-state index in [1.165, 1.54) is 12.8 Å². The first-order valence-electron chi connectivity index (χ1n) is 15.0. The topological polar surface area (TPSA) is 79.3 Å². The Morgan fingerprint density at radius 3 is 1.73 bits per heavy atom. The van der Waals surface area contributed by atoms with Crippen molar-refractivity contribution in [1.82, 2.24) is 9.80 Å². The maximum absolute atomic E-state index is 14.6. The minimum absolute atomic E-state index is 0.0331. The molecule has 0 unspecified atom stereocenters. The molecular formula is C29H55N2O5P. The number of rotatable bonds is 10. The number of β-amino-alcohol motifs (C(OH)–C–C–N with tert-alkyl or cyclic N) is 1.